The van der Waals surface area contributed by atoms with Crippen LogP contribution in [-0.4, -0.2) is 50.0 Å². The van der Waals surface area contributed by atoms with Gasteiger partial charge in [-0.2, -0.15) is 10.2 Å². The van der Waals surface area contributed by atoms with E-state index in [9.17, 15) is 9.59 Å². The highest BCUT2D eigenvalue weighted by Crippen LogP contribution is 2.10. The second-order valence-corrected chi connectivity index (χ2v) is 4.94. The lowest BCUT2D eigenvalue weighted by Crippen LogP contribution is -2.26. The van der Waals surface area contributed by atoms with Crippen molar-refractivity contribution in [3.8, 4) is 0 Å². The number of amides is 1. The maximum absolute atomic E-state index is 12.4. The van der Waals surface area contributed by atoms with Gasteiger partial charge in [-0.3, -0.25) is 14.2 Å². The molecule has 2 aromatic rings. The van der Waals surface area contributed by atoms with Gasteiger partial charge in [-0.05, 0) is 6.92 Å². The zero-order valence-corrected chi connectivity index (χ0v) is 13.1. The van der Waals surface area contributed by atoms with Crippen molar-refractivity contribution in [2.45, 2.75) is 13.5 Å². The van der Waals surface area contributed by atoms with Crippen LogP contribution in [0.4, 0.5) is 0 Å². The molecule has 0 aliphatic carbocycles. The number of hydrogen-bond donors (Lipinski definition) is 0. The number of hydrogen-bond acceptors (Lipinski definition) is 5. The SMILES string of the molecule is CCOC(=O)c1cc(C(=O)N(C)Cc2cnn(C)c2)nn1C. The summed E-state index contributed by atoms with van der Waals surface area (Å²) < 4.78 is 7.95. The fraction of sp³-hybridized carbons (Fsp3) is 0.429. The van der Waals surface area contributed by atoms with Gasteiger partial charge in [0.1, 0.15) is 5.69 Å². The maximum atomic E-state index is 12.4. The number of carbonyl (C=O) groups is 2. The molecule has 0 fully saturated rings. The van der Waals surface area contributed by atoms with Crippen molar-refractivity contribution in [2.75, 3.05) is 13.7 Å². The zero-order valence-electron chi connectivity index (χ0n) is 13.1. The van der Waals surface area contributed by atoms with Crippen LogP contribution in [0.25, 0.3) is 0 Å². The molecule has 0 radical (unpaired) electrons. The van der Waals surface area contributed by atoms with Crippen LogP contribution in [0, 0.1) is 0 Å². The van der Waals surface area contributed by atoms with Gasteiger partial charge in [-0.15, -0.1) is 0 Å². The van der Waals surface area contributed by atoms with Gasteiger partial charge in [0.25, 0.3) is 5.91 Å². The molecule has 0 aliphatic rings. The topological polar surface area (TPSA) is 82.2 Å². The van der Waals surface area contributed by atoms with Gasteiger partial charge in [0.15, 0.2) is 5.69 Å². The van der Waals surface area contributed by atoms with Gasteiger partial charge in [0.2, 0.25) is 0 Å². The molecular weight excluding hydrogens is 286 g/mol. The van der Waals surface area contributed by atoms with Gasteiger partial charge >= 0.3 is 5.97 Å². The molecule has 0 saturated carbocycles. The highest BCUT2D eigenvalue weighted by molar-refractivity contribution is 5.95. The highest BCUT2D eigenvalue weighted by Gasteiger charge is 2.21. The summed E-state index contributed by atoms with van der Waals surface area (Å²) in [6, 6.07) is 1.44. The molecule has 118 valence electrons. The van der Waals surface area contributed by atoms with Crippen molar-refractivity contribution in [3.63, 3.8) is 0 Å². The summed E-state index contributed by atoms with van der Waals surface area (Å²) >= 11 is 0. The summed E-state index contributed by atoms with van der Waals surface area (Å²) in [5.74, 6) is -0.763. The molecule has 0 saturated heterocycles. The smallest absolute Gasteiger partial charge is 0.356 e. The van der Waals surface area contributed by atoms with E-state index in [1.807, 2.05) is 13.2 Å². The summed E-state index contributed by atoms with van der Waals surface area (Å²) in [5.41, 5.74) is 1.37. The molecular formula is C14H19N5O3. The third kappa shape index (κ3) is 3.33. The van der Waals surface area contributed by atoms with E-state index in [1.54, 1.807) is 31.9 Å². The minimum absolute atomic E-state index is 0.206. The molecule has 8 heteroatoms. The standard InChI is InChI=1S/C14H19N5O3/c1-5-22-14(21)12-6-11(16-19(12)4)13(20)17(2)8-10-7-15-18(3)9-10/h6-7,9H,5,8H2,1-4H3. The van der Waals surface area contributed by atoms with Crippen molar-refractivity contribution in [1.82, 2.24) is 24.5 Å². The van der Waals surface area contributed by atoms with Crippen LogP contribution in [0.5, 0.6) is 0 Å². The number of esters is 1. The first-order chi connectivity index (χ1) is 10.4. The summed E-state index contributed by atoms with van der Waals surface area (Å²) in [6.45, 7) is 2.41. The lowest BCUT2D eigenvalue weighted by atomic mass is 10.3. The Morgan fingerprint density at radius 2 is 2.09 bits per heavy atom. The van der Waals surface area contributed by atoms with E-state index < -0.39 is 5.97 Å². The van der Waals surface area contributed by atoms with E-state index in [2.05, 4.69) is 10.2 Å². The number of aromatic nitrogens is 4. The average Bonchev–Trinajstić information content (AvgIpc) is 3.04. The Morgan fingerprint density at radius 1 is 1.36 bits per heavy atom. The van der Waals surface area contributed by atoms with Crippen LogP contribution >= 0.6 is 0 Å². The molecule has 0 bridgehead atoms. The second-order valence-electron chi connectivity index (χ2n) is 4.94. The fourth-order valence-corrected chi connectivity index (χ4v) is 2.06. The summed E-state index contributed by atoms with van der Waals surface area (Å²) in [6.07, 6.45) is 3.54. The van der Waals surface area contributed by atoms with Crippen molar-refractivity contribution in [3.05, 3.63) is 35.4 Å². The third-order valence-electron chi connectivity index (χ3n) is 3.11. The Bertz CT molecular complexity index is 688. The first-order valence-electron chi connectivity index (χ1n) is 6.86. The normalized spacial score (nSPS) is 10.5. The highest BCUT2D eigenvalue weighted by atomic mass is 16.5. The van der Waals surface area contributed by atoms with Crippen molar-refractivity contribution in [1.29, 1.82) is 0 Å². The summed E-state index contributed by atoms with van der Waals surface area (Å²) in [7, 11) is 5.09. The van der Waals surface area contributed by atoms with Crippen molar-refractivity contribution in [2.24, 2.45) is 14.1 Å². The molecule has 0 N–H and O–H groups in total. The van der Waals surface area contributed by atoms with Crippen LogP contribution in [0.1, 0.15) is 33.5 Å². The van der Waals surface area contributed by atoms with Gasteiger partial charge in [-0.25, -0.2) is 4.79 Å². The Morgan fingerprint density at radius 3 is 2.68 bits per heavy atom. The molecule has 0 spiro atoms. The molecule has 0 atom stereocenters. The zero-order chi connectivity index (χ0) is 16.3. The maximum Gasteiger partial charge on any atom is 0.356 e. The Kier molecular flexibility index (Phi) is 4.59. The second kappa shape index (κ2) is 6.42. The number of rotatable bonds is 5. The van der Waals surface area contributed by atoms with Gasteiger partial charge < -0.3 is 9.64 Å². The Labute approximate surface area is 128 Å². The molecule has 8 nitrogen and oxygen atoms in total. The third-order valence-corrected chi connectivity index (χ3v) is 3.11. The molecule has 2 heterocycles. The van der Waals surface area contributed by atoms with Crippen LogP contribution in [0.2, 0.25) is 0 Å². The largest absolute Gasteiger partial charge is 0.461 e. The molecule has 1 amide bonds. The number of carbonyl (C=O) groups excluding carboxylic acids is 2. The predicted octanol–water partition coefficient (Wildman–Crippen LogP) is 0.602. The van der Waals surface area contributed by atoms with Gasteiger partial charge in [0, 0.05) is 45.5 Å². The summed E-state index contributed by atoms with van der Waals surface area (Å²) in [4.78, 5) is 25.6. The predicted molar refractivity (Wildman–Crippen MR) is 78.2 cm³/mol. The van der Waals surface area contributed by atoms with E-state index in [1.165, 1.54) is 15.6 Å². The number of ether oxygens (including phenoxy) is 1. The van der Waals surface area contributed by atoms with E-state index in [0.717, 1.165) is 5.56 Å². The minimum atomic E-state index is -0.494. The van der Waals surface area contributed by atoms with Crippen LogP contribution in [0.3, 0.4) is 0 Å². The van der Waals surface area contributed by atoms with Crippen molar-refractivity contribution < 1.29 is 14.3 Å². The van der Waals surface area contributed by atoms with E-state index in [4.69, 9.17) is 4.74 Å². The van der Waals surface area contributed by atoms with Crippen LogP contribution in [0.15, 0.2) is 18.5 Å². The van der Waals surface area contributed by atoms with E-state index >= 15 is 0 Å². The quantitative estimate of drug-likeness (QED) is 0.756. The first kappa shape index (κ1) is 15.7. The molecule has 0 aliphatic heterocycles. The minimum Gasteiger partial charge on any atom is -0.461 e. The van der Waals surface area contributed by atoms with Crippen LogP contribution in [-0.2, 0) is 25.4 Å². The monoisotopic (exact) mass is 305 g/mol. The van der Waals surface area contributed by atoms with Gasteiger partial charge in [-0.1, -0.05) is 0 Å². The number of aryl methyl sites for hydroxylation is 2. The molecule has 0 unspecified atom stereocenters. The molecule has 2 aromatic heterocycles. The molecule has 22 heavy (non-hydrogen) atoms. The van der Waals surface area contributed by atoms with E-state index in [0.29, 0.717) is 6.54 Å². The van der Waals surface area contributed by atoms with Crippen LogP contribution < -0.4 is 0 Å². The number of nitrogens with zero attached hydrogens (tertiary/aromatic N) is 5. The fourth-order valence-electron chi connectivity index (χ4n) is 2.06. The molecule has 2 rings (SSSR count). The molecule has 0 aromatic carbocycles. The summed E-state index contributed by atoms with van der Waals surface area (Å²) in [5, 5.41) is 8.15. The van der Waals surface area contributed by atoms with E-state index in [-0.39, 0.29) is 23.9 Å². The Balaban J connectivity index is 2.12. The lowest BCUT2D eigenvalue weighted by molar-refractivity contribution is 0.0513. The van der Waals surface area contributed by atoms with Crippen molar-refractivity contribution >= 4 is 11.9 Å². The lowest BCUT2D eigenvalue weighted by Gasteiger charge is -2.14. The Hall–Kier alpha value is -2.64. The average molecular weight is 305 g/mol. The van der Waals surface area contributed by atoms with Gasteiger partial charge in [0.05, 0.1) is 12.8 Å². The first-order valence-corrected chi connectivity index (χ1v) is 6.86.